The third-order valence-corrected chi connectivity index (χ3v) is 7.51. The topological polar surface area (TPSA) is 175 Å². The second-order valence-electron chi connectivity index (χ2n) is 10.4. The van der Waals surface area contributed by atoms with Gasteiger partial charge < -0.3 is 35.3 Å². The van der Waals surface area contributed by atoms with Gasteiger partial charge in [0.15, 0.2) is 18.2 Å². The predicted octanol–water partition coefficient (Wildman–Crippen LogP) is 1.30. The number of carbonyl (C=O) groups is 3. The molecule has 2 atom stereocenters. The van der Waals surface area contributed by atoms with Crippen molar-refractivity contribution in [2.75, 3.05) is 56.2 Å². The minimum Gasteiger partial charge on any atom is -0.492 e. The summed E-state index contributed by atoms with van der Waals surface area (Å²) in [6.45, 7) is 4.20. The molecule has 2 amide bonds. The third-order valence-electron chi connectivity index (χ3n) is 7.51. The van der Waals surface area contributed by atoms with Crippen molar-refractivity contribution in [1.29, 1.82) is 5.26 Å². The maximum Gasteiger partial charge on any atom is 0.415 e. The van der Waals surface area contributed by atoms with Gasteiger partial charge in [0.05, 0.1) is 18.7 Å². The lowest BCUT2D eigenvalue weighted by Crippen LogP contribution is -2.45. The van der Waals surface area contributed by atoms with E-state index in [0.717, 1.165) is 38.0 Å². The molecule has 1 aromatic heterocycles. The summed E-state index contributed by atoms with van der Waals surface area (Å²) >= 11 is 0. The molecule has 13 nitrogen and oxygen atoms in total. The standard InChI is InChI=1S/C27H30N6O5.CH2O2/c28-9-21-20-8-16(7-18(20)1-2-22(21)36-14-17-11-30-12-17)10-29-6-5-19-13-33(27(35)38-19)24-4-3-23-26(31-24)32-25(34)15-37-23;2-1-3/h1-4,16-17,19,29-30H,5-8,10-15H2,(H,31,32,34);1H,(H,2,3). The van der Waals surface area contributed by atoms with E-state index in [1.807, 2.05) is 6.07 Å². The highest BCUT2D eigenvalue weighted by Gasteiger charge is 2.34. The number of amides is 2. The van der Waals surface area contributed by atoms with Gasteiger partial charge in [-0.15, -0.1) is 0 Å². The molecular weight excluding hydrogens is 532 g/mol. The van der Waals surface area contributed by atoms with Gasteiger partial charge in [0.1, 0.15) is 23.7 Å². The SMILES string of the molecule is N#Cc1c(OCC2CNC2)ccc2c1CC(CNCCC1CN(c3ccc4c(n3)NC(=O)CO4)C(=O)O1)C2.O=CO. The second kappa shape index (κ2) is 12.8. The third kappa shape index (κ3) is 6.50. The van der Waals surface area contributed by atoms with Crippen LogP contribution >= 0.6 is 0 Å². The van der Waals surface area contributed by atoms with E-state index >= 15 is 0 Å². The smallest absolute Gasteiger partial charge is 0.415 e. The van der Waals surface area contributed by atoms with E-state index in [1.54, 1.807) is 12.1 Å². The molecule has 13 heteroatoms. The summed E-state index contributed by atoms with van der Waals surface area (Å²) in [5.74, 6) is 2.55. The van der Waals surface area contributed by atoms with E-state index < -0.39 is 6.09 Å². The fourth-order valence-corrected chi connectivity index (χ4v) is 5.36. The molecule has 2 aromatic rings. The second-order valence-corrected chi connectivity index (χ2v) is 10.4. The Labute approximate surface area is 236 Å². The average molecular weight is 565 g/mol. The normalized spacial score (nSPS) is 20.7. The Kier molecular flexibility index (Phi) is 8.81. The van der Waals surface area contributed by atoms with Crippen molar-refractivity contribution in [1.82, 2.24) is 15.6 Å². The summed E-state index contributed by atoms with van der Waals surface area (Å²) in [6, 6.07) is 9.80. The summed E-state index contributed by atoms with van der Waals surface area (Å²) in [6.07, 6.45) is 1.75. The first-order valence-corrected chi connectivity index (χ1v) is 13.6. The number of benzene rings is 1. The highest BCUT2D eigenvalue weighted by molar-refractivity contribution is 5.95. The minimum atomic E-state index is -0.452. The fraction of sp³-hybridized carbons (Fsp3) is 0.464. The molecule has 0 radical (unpaired) electrons. The zero-order valence-electron chi connectivity index (χ0n) is 22.4. The predicted molar refractivity (Wildman–Crippen MR) is 146 cm³/mol. The highest BCUT2D eigenvalue weighted by atomic mass is 16.6. The Morgan fingerprint density at radius 3 is 2.80 bits per heavy atom. The van der Waals surface area contributed by atoms with Gasteiger partial charge in [-0.05, 0) is 67.6 Å². The first-order chi connectivity index (χ1) is 20.0. The maximum atomic E-state index is 12.5. The number of pyridine rings is 1. The lowest BCUT2D eigenvalue weighted by atomic mass is 10.0. The molecule has 0 saturated carbocycles. The first kappa shape index (κ1) is 28.1. The average Bonchev–Trinajstić information content (AvgIpc) is 3.52. The van der Waals surface area contributed by atoms with Gasteiger partial charge in [0.25, 0.3) is 12.4 Å². The van der Waals surface area contributed by atoms with Gasteiger partial charge in [0.2, 0.25) is 0 Å². The minimum absolute atomic E-state index is 0.0464. The molecule has 4 heterocycles. The number of nitrogens with zero attached hydrogens (tertiary/aromatic N) is 3. The number of anilines is 2. The molecule has 2 unspecified atom stereocenters. The molecule has 0 spiro atoms. The Balaban J connectivity index is 0.00000108. The summed E-state index contributed by atoms with van der Waals surface area (Å²) in [4.78, 5) is 38.2. The van der Waals surface area contributed by atoms with Gasteiger partial charge >= 0.3 is 6.09 Å². The molecule has 216 valence electrons. The van der Waals surface area contributed by atoms with Crippen molar-refractivity contribution in [2.24, 2.45) is 11.8 Å². The van der Waals surface area contributed by atoms with Crippen LogP contribution in [0, 0.1) is 23.2 Å². The van der Waals surface area contributed by atoms with E-state index in [0.29, 0.717) is 66.7 Å². The molecule has 0 bridgehead atoms. The van der Waals surface area contributed by atoms with Crippen LogP contribution in [0.3, 0.4) is 0 Å². The molecule has 6 rings (SSSR count). The molecule has 2 fully saturated rings. The summed E-state index contributed by atoms with van der Waals surface area (Å²) in [7, 11) is 0. The van der Waals surface area contributed by atoms with Crippen LogP contribution in [0.4, 0.5) is 16.4 Å². The number of fused-ring (bicyclic) bond motifs is 2. The van der Waals surface area contributed by atoms with Crippen molar-refractivity contribution in [3.05, 3.63) is 41.0 Å². The Morgan fingerprint density at radius 2 is 2.05 bits per heavy atom. The van der Waals surface area contributed by atoms with Crippen LogP contribution in [-0.4, -0.2) is 80.6 Å². The quantitative estimate of drug-likeness (QED) is 0.255. The number of aromatic nitrogens is 1. The maximum absolute atomic E-state index is 12.5. The number of hydrogen-bond acceptors (Lipinski definition) is 10. The Hall–Kier alpha value is -4.41. The summed E-state index contributed by atoms with van der Waals surface area (Å²) in [5, 5.41) is 26.1. The van der Waals surface area contributed by atoms with Gasteiger partial charge in [-0.1, -0.05) is 6.07 Å². The van der Waals surface area contributed by atoms with Crippen molar-refractivity contribution >= 4 is 30.1 Å². The van der Waals surface area contributed by atoms with Gasteiger partial charge in [-0.2, -0.15) is 5.26 Å². The van der Waals surface area contributed by atoms with Crippen LogP contribution in [0.2, 0.25) is 0 Å². The lowest BCUT2D eigenvalue weighted by Gasteiger charge is -2.27. The van der Waals surface area contributed by atoms with Crippen molar-refractivity contribution in [3.8, 4) is 17.6 Å². The van der Waals surface area contributed by atoms with Crippen molar-refractivity contribution in [3.63, 3.8) is 0 Å². The number of nitriles is 1. The molecule has 3 aliphatic heterocycles. The zero-order valence-corrected chi connectivity index (χ0v) is 22.4. The van der Waals surface area contributed by atoms with Crippen LogP contribution < -0.4 is 30.3 Å². The zero-order chi connectivity index (χ0) is 28.8. The number of hydrogen-bond donors (Lipinski definition) is 4. The van der Waals surface area contributed by atoms with E-state index in [1.165, 1.54) is 10.5 Å². The molecule has 1 aliphatic carbocycles. The van der Waals surface area contributed by atoms with Gasteiger partial charge in [-0.3, -0.25) is 14.5 Å². The van der Waals surface area contributed by atoms with Crippen LogP contribution in [-0.2, 0) is 27.2 Å². The Morgan fingerprint density at radius 1 is 1.22 bits per heavy atom. The van der Waals surface area contributed by atoms with E-state index in [4.69, 9.17) is 24.1 Å². The van der Waals surface area contributed by atoms with Crippen molar-refractivity contribution < 1.29 is 33.7 Å². The lowest BCUT2D eigenvalue weighted by molar-refractivity contribution is -0.123. The summed E-state index contributed by atoms with van der Waals surface area (Å²) in [5.41, 5.74) is 3.02. The van der Waals surface area contributed by atoms with Crippen LogP contribution in [0.5, 0.6) is 11.5 Å². The van der Waals surface area contributed by atoms with Gasteiger partial charge in [-0.25, -0.2) is 9.78 Å². The molecule has 4 N–H and O–H groups in total. The van der Waals surface area contributed by atoms with Gasteiger partial charge in [0, 0.05) is 19.0 Å². The first-order valence-electron chi connectivity index (χ1n) is 13.6. The molecule has 4 aliphatic rings. The number of ether oxygens (including phenoxy) is 3. The Bertz CT molecular complexity index is 1340. The number of nitrogens with one attached hydrogen (secondary N) is 3. The monoisotopic (exact) mass is 564 g/mol. The van der Waals surface area contributed by atoms with E-state index in [2.05, 4.69) is 33.1 Å². The molecule has 1 aromatic carbocycles. The molecular formula is C28H32N6O7. The van der Waals surface area contributed by atoms with E-state index in [-0.39, 0.29) is 25.1 Å². The van der Waals surface area contributed by atoms with Crippen molar-refractivity contribution in [2.45, 2.75) is 25.4 Å². The number of rotatable bonds is 9. The van der Waals surface area contributed by atoms with Crippen LogP contribution in [0.25, 0.3) is 0 Å². The van der Waals surface area contributed by atoms with Crippen LogP contribution in [0.1, 0.15) is 23.1 Å². The fourth-order valence-electron chi connectivity index (χ4n) is 5.36. The van der Waals surface area contributed by atoms with Crippen LogP contribution in [0.15, 0.2) is 24.3 Å². The van der Waals surface area contributed by atoms with E-state index in [9.17, 15) is 14.9 Å². The molecule has 2 saturated heterocycles. The molecule has 41 heavy (non-hydrogen) atoms. The highest BCUT2D eigenvalue weighted by Crippen LogP contribution is 2.34. The summed E-state index contributed by atoms with van der Waals surface area (Å²) < 4.78 is 16.9. The number of carbonyl (C=O) groups excluding carboxylic acids is 2. The number of cyclic esters (lactones) is 1. The largest absolute Gasteiger partial charge is 0.492 e. The number of carboxylic acid groups (broad SMARTS) is 1.